The third-order valence-electron chi connectivity index (χ3n) is 3.13. The maximum Gasteiger partial charge on any atom is 0.207 e. The Morgan fingerprint density at radius 2 is 2.14 bits per heavy atom. The highest BCUT2D eigenvalue weighted by molar-refractivity contribution is 5.77. The largest absolute Gasteiger partial charge is 0.491 e. The van der Waals surface area contributed by atoms with Gasteiger partial charge in [-0.3, -0.25) is 4.57 Å². The number of ether oxygens (including phenoxy) is 1. The van der Waals surface area contributed by atoms with E-state index in [1.54, 1.807) is 29.8 Å². The minimum Gasteiger partial charge on any atom is -0.491 e. The number of hydrogen-bond donors (Lipinski definition) is 1. The van der Waals surface area contributed by atoms with E-state index in [2.05, 4.69) is 9.97 Å². The van der Waals surface area contributed by atoms with E-state index in [1.165, 1.54) is 6.07 Å². The molecule has 0 aliphatic rings. The summed E-state index contributed by atoms with van der Waals surface area (Å²) in [6.45, 7) is 4.15. The lowest BCUT2D eigenvalue weighted by Crippen LogP contribution is -2.03. The number of pyridine rings is 1. The first-order valence-corrected chi connectivity index (χ1v) is 6.63. The number of rotatable bonds is 3. The topological polar surface area (TPSA) is 66.0 Å². The zero-order valence-electron chi connectivity index (χ0n) is 11.8. The van der Waals surface area contributed by atoms with Gasteiger partial charge in [-0.2, -0.15) is 0 Å². The van der Waals surface area contributed by atoms with Gasteiger partial charge in [0.25, 0.3) is 0 Å². The second-order valence-corrected chi connectivity index (χ2v) is 4.71. The summed E-state index contributed by atoms with van der Waals surface area (Å²) in [6, 6.07) is 6.56. The lowest BCUT2D eigenvalue weighted by molar-refractivity contribution is 0.321. The van der Waals surface area contributed by atoms with Crippen LogP contribution in [0.15, 0.2) is 30.5 Å². The maximum absolute atomic E-state index is 14.0. The lowest BCUT2D eigenvalue weighted by Gasteiger charge is -2.09. The molecule has 0 fully saturated rings. The van der Waals surface area contributed by atoms with Crippen molar-refractivity contribution in [2.75, 3.05) is 12.3 Å². The first kappa shape index (κ1) is 13.4. The van der Waals surface area contributed by atoms with E-state index in [4.69, 9.17) is 10.5 Å². The van der Waals surface area contributed by atoms with E-state index in [1.807, 2.05) is 13.0 Å². The Labute approximate surface area is 121 Å². The fourth-order valence-corrected chi connectivity index (χ4v) is 2.24. The molecule has 0 atom stereocenters. The monoisotopic (exact) mass is 286 g/mol. The van der Waals surface area contributed by atoms with Crippen molar-refractivity contribution in [1.29, 1.82) is 0 Å². The molecule has 0 aliphatic heterocycles. The van der Waals surface area contributed by atoms with E-state index in [-0.39, 0.29) is 11.7 Å². The molecule has 108 valence electrons. The third kappa shape index (κ3) is 2.29. The zero-order chi connectivity index (χ0) is 15.0. The molecule has 1 aromatic carbocycles. The number of nitrogens with zero attached hydrogens (tertiary/aromatic N) is 3. The fraction of sp³-hybridized carbons (Fsp3) is 0.200. The summed E-state index contributed by atoms with van der Waals surface area (Å²) in [4.78, 5) is 8.60. The standard InChI is InChI=1S/C15H15FN4O/c1-3-21-13-5-4-10(7-11(13)16)20-14-12(19-15(20)17)6-9(2)8-18-14/h4-8H,3H2,1-2H3,(H2,17,19). The van der Waals surface area contributed by atoms with Gasteiger partial charge in [-0.15, -0.1) is 0 Å². The highest BCUT2D eigenvalue weighted by atomic mass is 19.1. The Hall–Kier alpha value is -2.63. The number of benzene rings is 1. The van der Waals surface area contributed by atoms with Gasteiger partial charge in [0.2, 0.25) is 5.95 Å². The van der Waals surface area contributed by atoms with Crippen LogP contribution in [0.1, 0.15) is 12.5 Å². The fourth-order valence-electron chi connectivity index (χ4n) is 2.24. The van der Waals surface area contributed by atoms with Crippen LogP contribution in [-0.4, -0.2) is 21.1 Å². The number of nitrogen functional groups attached to an aromatic ring is 1. The first-order chi connectivity index (χ1) is 10.1. The van der Waals surface area contributed by atoms with Crippen molar-refractivity contribution in [3.8, 4) is 11.4 Å². The highest BCUT2D eigenvalue weighted by Gasteiger charge is 2.13. The van der Waals surface area contributed by atoms with Gasteiger partial charge in [0, 0.05) is 12.3 Å². The zero-order valence-corrected chi connectivity index (χ0v) is 11.8. The summed E-state index contributed by atoms with van der Waals surface area (Å²) < 4.78 is 20.8. The SMILES string of the molecule is CCOc1ccc(-n2c(N)nc3cc(C)cnc32)cc1F. The molecule has 0 bridgehead atoms. The van der Waals surface area contributed by atoms with Crippen LogP contribution in [-0.2, 0) is 0 Å². The molecule has 3 rings (SSSR count). The van der Waals surface area contributed by atoms with Gasteiger partial charge in [-0.1, -0.05) is 0 Å². The summed E-state index contributed by atoms with van der Waals surface area (Å²) in [5, 5.41) is 0. The summed E-state index contributed by atoms with van der Waals surface area (Å²) in [7, 11) is 0. The second-order valence-electron chi connectivity index (χ2n) is 4.71. The minimum absolute atomic E-state index is 0.216. The van der Waals surface area contributed by atoms with Crippen LogP contribution in [0.25, 0.3) is 16.9 Å². The molecule has 0 spiro atoms. The minimum atomic E-state index is -0.442. The molecular formula is C15H15FN4O. The van der Waals surface area contributed by atoms with E-state index >= 15 is 0 Å². The summed E-state index contributed by atoms with van der Waals surface area (Å²) in [5.41, 5.74) is 8.77. The molecule has 2 aromatic heterocycles. The van der Waals surface area contributed by atoms with Crippen LogP contribution in [0.3, 0.4) is 0 Å². The molecule has 3 aromatic rings. The van der Waals surface area contributed by atoms with Gasteiger partial charge in [0.15, 0.2) is 17.2 Å². The molecular weight excluding hydrogens is 271 g/mol. The van der Waals surface area contributed by atoms with Gasteiger partial charge < -0.3 is 10.5 Å². The van der Waals surface area contributed by atoms with Crippen LogP contribution in [0.4, 0.5) is 10.3 Å². The summed E-state index contributed by atoms with van der Waals surface area (Å²) >= 11 is 0. The first-order valence-electron chi connectivity index (χ1n) is 6.63. The van der Waals surface area contributed by atoms with Crippen LogP contribution in [0.5, 0.6) is 5.75 Å². The molecule has 0 unspecified atom stereocenters. The number of halogens is 1. The average Bonchev–Trinajstić information content (AvgIpc) is 2.76. The number of hydrogen-bond acceptors (Lipinski definition) is 4. The quantitative estimate of drug-likeness (QED) is 0.804. The molecule has 0 saturated carbocycles. The average molecular weight is 286 g/mol. The smallest absolute Gasteiger partial charge is 0.207 e. The Morgan fingerprint density at radius 3 is 2.86 bits per heavy atom. The molecule has 6 heteroatoms. The van der Waals surface area contributed by atoms with Crippen molar-refractivity contribution in [1.82, 2.24) is 14.5 Å². The predicted octanol–water partition coefficient (Wildman–Crippen LogP) is 2.85. The molecule has 2 N–H and O–H groups in total. The van der Waals surface area contributed by atoms with Crippen molar-refractivity contribution in [2.45, 2.75) is 13.8 Å². The number of nitrogens with two attached hydrogens (primary N) is 1. The Bertz CT molecular complexity index is 813. The van der Waals surface area contributed by atoms with Crippen LogP contribution in [0, 0.1) is 12.7 Å². The Balaban J connectivity index is 2.16. The Morgan fingerprint density at radius 1 is 1.33 bits per heavy atom. The molecule has 5 nitrogen and oxygen atoms in total. The van der Waals surface area contributed by atoms with Crippen molar-refractivity contribution in [2.24, 2.45) is 0 Å². The molecule has 21 heavy (non-hydrogen) atoms. The van der Waals surface area contributed by atoms with Crippen LogP contribution >= 0.6 is 0 Å². The second kappa shape index (κ2) is 5.05. The van der Waals surface area contributed by atoms with E-state index in [0.717, 1.165) is 5.56 Å². The molecule has 0 saturated heterocycles. The van der Waals surface area contributed by atoms with Gasteiger partial charge in [0.05, 0.1) is 12.3 Å². The third-order valence-corrected chi connectivity index (χ3v) is 3.13. The van der Waals surface area contributed by atoms with Gasteiger partial charge >= 0.3 is 0 Å². The van der Waals surface area contributed by atoms with E-state index in [9.17, 15) is 4.39 Å². The van der Waals surface area contributed by atoms with Crippen molar-refractivity contribution in [3.05, 3.63) is 41.8 Å². The molecule has 0 radical (unpaired) electrons. The summed E-state index contributed by atoms with van der Waals surface area (Å²) in [5.74, 6) is 0.0439. The lowest BCUT2D eigenvalue weighted by atomic mass is 10.2. The predicted molar refractivity (Wildman–Crippen MR) is 79.1 cm³/mol. The Kier molecular flexibility index (Phi) is 3.21. The van der Waals surface area contributed by atoms with Crippen LogP contribution in [0.2, 0.25) is 0 Å². The number of anilines is 1. The highest BCUT2D eigenvalue weighted by Crippen LogP contribution is 2.25. The van der Waals surface area contributed by atoms with Crippen molar-refractivity contribution in [3.63, 3.8) is 0 Å². The normalized spacial score (nSPS) is 11.0. The maximum atomic E-state index is 14.0. The number of fused-ring (bicyclic) bond motifs is 1. The molecule has 2 heterocycles. The van der Waals surface area contributed by atoms with E-state index < -0.39 is 5.82 Å². The van der Waals surface area contributed by atoms with Gasteiger partial charge in [0.1, 0.15) is 5.52 Å². The van der Waals surface area contributed by atoms with Crippen molar-refractivity contribution >= 4 is 17.1 Å². The number of imidazole rings is 1. The number of aromatic nitrogens is 3. The number of aryl methyl sites for hydroxylation is 1. The van der Waals surface area contributed by atoms with E-state index in [0.29, 0.717) is 23.5 Å². The van der Waals surface area contributed by atoms with Crippen LogP contribution < -0.4 is 10.5 Å². The van der Waals surface area contributed by atoms with Gasteiger partial charge in [-0.25, -0.2) is 14.4 Å². The summed E-state index contributed by atoms with van der Waals surface area (Å²) in [6.07, 6.45) is 1.73. The van der Waals surface area contributed by atoms with Crippen molar-refractivity contribution < 1.29 is 9.13 Å². The molecule has 0 aliphatic carbocycles. The molecule has 0 amide bonds. The van der Waals surface area contributed by atoms with Gasteiger partial charge in [-0.05, 0) is 37.6 Å².